The van der Waals surface area contributed by atoms with Gasteiger partial charge in [-0.2, -0.15) is 0 Å². The summed E-state index contributed by atoms with van der Waals surface area (Å²) in [5.41, 5.74) is 5.73. The van der Waals surface area contributed by atoms with Crippen molar-refractivity contribution in [1.82, 2.24) is 5.32 Å². The fourth-order valence-electron chi connectivity index (χ4n) is 1.45. The molecule has 0 aromatic heterocycles. The largest absolute Gasteiger partial charge is 0.449 e. The minimum atomic E-state index is -0.917. The summed E-state index contributed by atoms with van der Waals surface area (Å²) in [5, 5.41) is 2.96. The lowest BCUT2D eigenvalue weighted by Gasteiger charge is -2.23. The zero-order valence-corrected chi connectivity index (χ0v) is 12.7. The van der Waals surface area contributed by atoms with Crippen molar-refractivity contribution < 1.29 is 14.3 Å². The van der Waals surface area contributed by atoms with Crippen LogP contribution in [0.4, 0.5) is 5.69 Å². The van der Waals surface area contributed by atoms with Crippen molar-refractivity contribution in [2.45, 2.75) is 39.3 Å². The van der Waals surface area contributed by atoms with Gasteiger partial charge >= 0.3 is 5.97 Å². The van der Waals surface area contributed by atoms with Crippen LogP contribution in [0, 0.1) is 0 Å². The van der Waals surface area contributed by atoms with Gasteiger partial charge in [0.2, 0.25) is 0 Å². The fourth-order valence-corrected chi connectivity index (χ4v) is 1.64. The molecule has 0 fully saturated rings. The van der Waals surface area contributed by atoms with Crippen molar-refractivity contribution in [2.24, 2.45) is 0 Å². The number of carbonyl (C=O) groups excluding carboxylic acids is 2. The van der Waals surface area contributed by atoms with Gasteiger partial charge in [-0.05, 0) is 45.9 Å². The first-order valence-corrected chi connectivity index (χ1v) is 6.56. The van der Waals surface area contributed by atoms with Gasteiger partial charge in [0.1, 0.15) is 0 Å². The Kier molecular flexibility index (Phi) is 5.00. The van der Waals surface area contributed by atoms with Gasteiger partial charge in [-0.3, -0.25) is 4.79 Å². The highest BCUT2D eigenvalue weighted by molar-refractivity contribution is 6.33. The first-order chi connectivity index (χ1) is 9.10. The zero-order chi connectivity index (χ0) is 15.5. The number of amides is 1. The van der Waals surface area contributed by atoms with E-state index in [4.69, 9.17) is 22.1 Å². The minimum Gasteiger partial charge on any atom is -0.449 e. The first kappa shape index (κ1) is 16.3. The third-order valence-electron chi connectivity index (χ3n) is 2.36. The van der Waals surface area contributed by atoms with Gasteiger partial charge in [-0.15, -0.1) is 0 Å². The summed E-state index contributed by atoms with van der Waals surface area (Å²) in [5.74, 6) is -1.05. The average Bonchev–Trinajstić information content (AvgIpc) is 2.29. The molecule has 0 saturated carbocycles. The molecule has 1 rings (SSSR count). The van der Waals surface area contributed by atoms with Crippen LogP contribution in [0.3, 0.4) is 0 Å². The van der Waals surface area contributed by atoms with E-state index in [0.717, 1.165) is 0 Å². The highest BCUT2D eigenvalue weighted by Crippen LogP contribution is 2.20. The predicted molar refractivity (Wildman–Crippen MR) is 78.6 cm³/mol. The molecule has 0 radical (unpaired) electrons. The van der Waals surface area contributed by atoms with Gasteiger partial charge in [-0.25, -0.2) is 4.79 Å². The molecule has 0 aliphatic carbocycles. The molecule has 3 N–H and O–H groups in total. The van der Waals surface area contributed by atoms with E-state index >= 15 is 0 Å². The quantitative estimate of drug-likeness (QED) is 0.663. The number of nitrogens with two attached hydrogens (primary N) is 1. The highest BCUT2D eigenvalue weighted by atomic mass is 35.5. The number of benzene rings is 1. The summed E-state index contributed by atoms with van der Waals surface area (Å²) in [6, 6.07) is 4.50. The smallest absolute Gasteiger partial charge is 0.340 e. The van der Waals surface area contributed by atoms with E-state index in [9.17, 15) is 9.59 Å². The van der Waals surface area contributed by atoms with Crippen LogP contribution >= 0.6 is 11.6 Å². The molecule has 1 amide bonds. The summed E-state index contributed by atoms with van der Waals surface area (Å²) in [6.45, 7) is 7.02. The molecule has 0 spiro atoms. The van der Waals surface area contributed by atoms with Gasteiger partial charge in [0, 0.05) is 11.2 Å². The van der Waals surface area contributed by atoms with E-state index < -0.39 is 17.6 Å². The van der Waals surface area contributed by atoms with Gasteiger partial charge in [-0.1, -0.05) is 11.6 Å². The Morgan fingerprint density at radius 1 is 1.35 bits per heavy atom. The van der Waals surface area contributed by atoms with Gasteiger partial charge in [0.15, 0.2) is 6.10 Å². The zero-order valence-electron chi connectivity index (χ0n) is 12.0. The number of carbonyl (C=O) groups is 2. The van der Waals surface area contributed by atoms with Crippen molar-refractivity contribution in [1.29, 1.82) is 0 Å². The highest BCUT2D eigenvalue weighted by Gasteiger charge is 2.23. The lowest BCUT2D eigenvalue weighted by atomic mass is 10.1. The van der Waals surface area contributed by atoms with Crippen molar-refractivity contribution >= 4 is 29.2 Å². The Bertz CT molecular complexity index is 524. The number of rotatable bonds is 3. The van der Waals surface area contributed by atoms with Gasteiger partial charge in [0.05, 0.1) is 10.6 Å². The number of ether oxygens (including phenoxy) is 1. The maximum atomic E-state index is 12.0. The first-order valence-electron chi connectivity index (χ1n) is 6.18. The Morgan fingerprint density at radius 3 is 2.50 bits per heavy atom. The van der Waals surface area contributed by atoms with Gasteiger partial charge < -0.3 is 15.8 Å². The van der Waals surface area contributed by atoms with Crippen molar-refractivity contribution in [3.8, 4) is 0 Å². The number of nitrogens with one attached hydrogen (secondary N) is 1. The molecule has 5 nitrogen and oxygen atoms in total. The molecule has 1 atom stereocenters. The van der Waals surface area contributed by atoms with Crippen LogP contribution in [0.15, 0.2) is 18.2 Å². The number of halogens is 1. The van der Waals surface area contributed by atoms with Crippen molar-refractivity contribution in [2.75, 3.05) is 5.73 Å². The Hall–Kier alpha value is -1.75. The van der Waals surface area contributed by atoms with E-state index in [1.807, 2.05) is 20.8 Å². The second kappa shape index (κ2) is 6.13. The number of anilines is 1. The molecule has 110 valence electrons. The van der Waals surface area contributed by atoms with Crippen LogP contribution in [0.25, 0.3) is 0 Å². The van der Waals surface area contributed by atoms with E-state index in [-0.39, 0.29) is 16.5 Å². The Balaban J connectivity index is 2.75. The van der Waals surface area contributed by atoms with Crippen LogP contribution < -0.4 is 11.1 Å². The second-order valence-corrected chi connectivity index (χ2v) is 5.93. The van der Waals surface area contributed by atoms with Crippen LogP contribution in [0.5, 0.6) is 0 Å². The SMILES string of the molecule is CC(OC(=O)c1cc(N)ccc1Cl)C(=O)NC(C)(C)C. The predicted octanol–water partition coefficient (Wildman–Crippen LogP) is 2.38. The Morgan fingerprint density at radius 2 is 1.95 bits per heavy atom. The third kappa shape index (κ3) is 4.74. The minimum absolute atomic E-state index is 0.141. The molecule has 0 aliphatic rings. The summed E-state index contributed by atoms with van der Waals surface area (Å²) < 4.78 is 5.09. The maximum Gasteiger partial charge on any atom is 0.340 e. The summed E-state index contributed by atoms with van der Waals surface area (Å²) in [7, 11) is 0. The monoisotopic (exact) mass is 298 g/mol. The van der Waals surface area contributed by atoms with Crippen molar-refractivity contribution in [3.63, 3.8) is 0 Å². The molecule has 20 heavy (non-hydrogen) atoms. The number of hydrogen-bond donors (Lipinski definition) is 2. The molecular formula is C14H19ClN2O3. The molecular weight excluding hydrogens is 280 g/mol. The van der Waals surface area contributed by atoms with Crippen LogP contribution in [0.2, 0.25) is 5.02 Å². The number of hydrogen-bond acceptors (Lipinski definition) is 4. The molecule has 0 saturated heterocycles. The average molecular weight is 299 g/mol. The molecule has 1 unspecified atom stereocenters. The van der Waals surface area contributed by atoms with E-state index in [1.165, 1.54) is 19.1 Å². The normalized spacial score (nSPS) is 12.7. The lowest BCUT2D eigenvalue weighted by molar-refractivity contribution is -0.130. The third-order valence-corrected chi connectivity index (χ3v) is 2.69. The van der Waals surface area contributed by atoms with E-state index in [0.29, 0.717) is 5.69 Å². The number of nitrogen functional groups attached to an aromatic ring is 1. The maximum absolute atomic E-state index is 12.0. The summed E-state index contributed by atoms with van der Waals surface area (Å²) >= 11 is 5.90. The van der Waals surface area contributed by atoms with E-state index in [2.05, 4.69) is 5.32 Å². The molecule has 6 heteroatoms. The lowest BCUT2D eigenvalue weighted by Crippen LogP contribution is -2.46. The second-order valence-electron chi connectivity index (χ2n) is 5.53. The number of esters is 1. The summed E-state index contributed by atoms with van der Waals surface area (Å²) in [6.07, 6.45) is -0.917. The van der Waals surface area contributed by atoms with Gasteiger partial charge in [0.25, 0.3) is 5.91 Å². The van der Waals surface area contributed by atoms with E-state index in [1.54, 1.807) is 6.07 Å². The van der Waals surface area contributed by atoms with Crippen LogP contribution in [-0.2, 0) is 9.53 Å². The fraction of sp³-hybridized carbons (Fsp3) is 0.429. The van der Waals surface area contributed by atoms with Crippen LogP contribution in [0.1, 0.15) is 38.1 Å². The Labute approximate surface area is 123 Å². The molecule has 0 aliphatic heterocycles. The van der Waals surface area contributed by atoms with Crippen molar-refractivity contribution in [3.05, 3.63) is 28.8 Å². The molecule has 1 aromatic carbocycles. The molecule has 0 heterocycles. The van der Waals surface area contributed by atoms with Crippen LogP contribution in [-0.4, -0.2) is 23.5 Å². The topological polar surface area (TPSA) is 81.4 Å². The standard InChI is InChI=1S/C14H19ClN2O3/c1-8(12(18)17-14(2,3)4)20-13(19)10-7-9(16)5-6-11(10)15/h5-8H,16H2,1-4H3,(H,17,18). The molecule has 1 aromatic rings. The summed E-state index contributed by atoms with van der Waals surface area (Å²) in [4.78, 5) is 23.8. The molecule has 0 bridgehead atoms.